The molecule has 0 bridgehead atoms. The van der Waals surface area contributed by atoms with E-state index in [1.165, 1.54) is 71.1 Å². The monoisotopic (exact) mass is 292 g/mol. The Bertz CT molecular complexity index is 338. The Hall–Kier alpha value is -0.0800. The average Bonchev–Trinajstić information content (AvgIpc) is 3.25. The Morgan fingerprint density at radius 2 is 1.86 bits per heavy atom. The molecule has 21 heavy (non-hydrogen) atoms. The molecular formula is C19H36N2. The van der Waals surface area contributed by atoms with Gasteiger partial charge in [-0.2, -0.15) is 0 Å². The molecule has 0 aromatic rings. The fraction of sp³-hybridized carbons (Fsp3) is 1.00. The van der Waals surface area contributed by atoms with E-state index in [0.29, 0.717) is 5.41 Å². The number of piperidine rings is 1. The first-order chi connectivity index (χ1) is 10.1. The lowest BCUT2D eigenvalue weighted by Crippen LogP contribution is -2.50. The third kappa shape index (κ3) is 4.22. The predicted octanol–water partition coefficient (Wildman–Crippen LogP) is 3.91. The largest absolute Gasteiger partial charge is 0.313 e. The van der Waals surface area contributed by atoms with E-state index < -0.39 is 0 Å². The number of likely N-dealkylation sites (tertiary alicyclic amines) is 1. The van der Waals surface area contributed by atoms with E-state index in [1.807, 2.05) is 0 Å². The van der Waals surface area contributed by atoms with Crippen molar-refractivity contribution in [1.29, 1.82) is 0 Å². The van der Waals surface area contributed by atoms with Crippen LogP contribution in [-0.2, 0) is 0 Å². The molecule has 0 spiro atoms. The smallest absolute Gasteiger partial charge is 0.00684 e. The molecule has 1 heterocycles. The molecule has 1 N–H and O–H groups in total. The Labute approximate surface area is 132 Å². The van der Waals surface area contributed by atoms with Crippen LogP contribution in [0.25, 0.3) is 0 Å². The highest BCUT2D eigenvalue weighted by molar-refractivity contribution is 4.93. The molecule has 2 nitrogen and oxygen atoms in total. The summed E-state index contributed by atoms with van der Waals surface area (Å²) >= 11 is 0. The first kappa shape index (κ1) is 15.8. The first-order valence-electron chi connectivity index (χ1n) is 9.52. The minimum atomic E-state index is 0.570. The van der Waals surface area contributed by atoms with Gasteiger partial charge in [-0.1, -0.05) is 33.6 Å². The van der Waals surface area contributed by atoms with Crippen LogP contribution < -0.4 is 5.32 Å². The zero-order valence-corrected chi connectivity index (χ0v) is 14.5. The van der Waals surface area contributed by atoms with Crippen LogP contribution >= 0.6 is 0 Å². The lowest BCUT2D eigenvalue weighted by molar-refractivity contribution is 0.0459. The number of hydrogen-bond acceptors (Lipinski definition) is 2. The Morgan fingerprint density at radius 1 is 1.05 bits per heavy atom. The summed E-state index contributed by atoms with van der Waals surface area (Å²) in [7, 11) is 0. The zero-order valence-electron chi connectivity index (χ0n) is 14.5. The van der Waals surface area contributed by atoms with Crippen LogP contribution in [0.3, 0.4) is 0 Å². The summed E-state index contributed by atoms with van der Waals surface area (Å²) in [4.78, 5) is 2.80. The van der Waals surface area contributed by atoms with Crippen molar-refractivity contribution in [1.82, 2.24) is 10.2 Å². The van der Waals surface area contributed by atoms with Crippen LogP contribution in [0.2, 0.25) is 0 Å². The van der Waals surface area contributed by atoms with E-state index in [1.54, 1.807) is 0 Å². The minimum Gasteiger partial charge on any atom is -0.313 e. The maximum Gasteiger partial charge on any atom is 0.00684 e. The van der Waals surface area contributed by atoms with Crippen molar-refractivity contribution in [3.63, 3.8) is 0 Å². The van der Waals surface area contributed by atoms with Crippen LogP contribution in [-0.4, -0.2) is 37.1 Å². The zero-order chi connectivity index (χ0) is 14.9. The molecule has 0 amide bonds. The number of nitrogens with one attached hydrogen (secondary N) is 1. The second-order valence-electron chi connectivity index (χ2n) is 8.84. The molecule has 3 aliphatic rings. The van der Waals surface area contributed by atoms with Crippen molar-refractivity contribution in [3.05, 3.63) is 0 Å². The molecular weight excluding hydrogens is 256 g/mol. The minimum absolute atomic E-state index is 0.570. The molecule has 2 heteroatoms. The van der Waals surface area contributed by atoms with Crippen LogP contribution in [0.4, 0.5) is 0 Å². The highest BCUT2D eigenvalue weighted by Crippen LogP contribution is 2.41. The first-order valence-corrected chi connectivity index (χ1v) is 9.52. The van der Waals surface area contributed by atoms with Gasteiger partial charge in [-0.25, -0.2) is 0 Å². The number of rotatable bonds is 5. The summed E-state index contributed by atoms with van der Waals surface area (Å²) in [5.41, 5.74) is 0.570. The van der Waals surface area contributed by atoms with Gasteiger partial charge in [0.2, 0.25) is 0 Å². The van der Waals surface area contributed by atoms with Gasteiger partial charge in [0.15, 0.2) is 0 Å². The van der Waals surface area contributed by atoms with E-state index in [4.69, 9.17) is 0 Å². The molecule has 0 radical (unpaired) electrons. The molecule has 3 rings (SSSR count). The van der Waals surface area contributed by atoms with E-state index >= 15 is 0 Å². The third-order valence-electron chi connectivity index (χ3n) is 6.51. The average molecular weight is 293 g/mol. The van der Waals surface area contributed by atoms with Crippen molar-refractivity contribution in [2.75, 3.05) is 26.2 Å². The highest BCUT2D eigenvalue weighted by Gasteiger charge is 2.38. The lowest BCUT2D eigenvalue weighted by Gasteiger charge is -2.46. The molecule has 4 unspecified atom stereocenters. The normalized spacial score (nSPS) is 42.1. The molecule has 1 aliphatic heterocycles. The van der Waals surface area contributed by atoms with Crippen molar-refractivity contribution < 1.29 is 0 Å². The van der Waals surface area contributed by atoms with Gasteiger partial charge in [0.25, 0.3) is 0 Å². The van der Waals surface area contributed by atoms with Gasteiger partial charge in [0, 0.05) is 25.7 Å². The molecule has 122 valence electrons. The summed E-state index contributed by atoms with van der Waals surface area (Å²) < 4.78 is 0. The molecule has 2 aliphatic carbocycles. The Morgan fingerprint density at radius 3 is 2.52 bits per heavy atom. The Balaban J connectivity index is 1.60. The molecule has 4 atom stereocenters. The van der Waals surface area contributed by atoms with E-state index in [-0.39, 0.29) is 0 Å². The van der Waals surface area contributed by atoms with E-state index in [2.05, 4.69) is 31.0 Å². The fourth-order valence-corrected chi connectivity index (χ4v) is 4.74. The molecule has 0 aromatic carbocycles. The van der Waals surface area contributed by atoms with Crippen LogP contribution in [0.5, 0.6) is 0 Å². The predicted molar refractivity (Wildman–Crippen MR) is 90.5 cm³/mol. The molecule has 0 aromatic heterocycles. The van der Waals surface area contributed by atoms with E-state index in [0.717, 1.165) is 23.8 Å². The molecule has 2 saturated carbocycles. The second-order valence-corrected chi connectivity index (χ2v) is 8.84. The second kappa shape index (κ2) is 6.58. The summed E-state index contributed by atoms with van der Waals surface area (Å²) in [5.74, 6) is 2.74. The van der Waals surface area contributed by atoms with Gasteiger partial charge in [0.1, 0.15) is 0 Å². The van der Waals surface area contributed by atoms with Crippen molar-refractivity contribution in [3.8, 4) is 0 Å². The van der Waals surface area contributed by atoms with Crippen molar-refractivity contribution in [2.45, 2.75) is 71.8 Å². The molecule has 3 fully saturated rings. The third-order valence-corrected chi connectivity index (χ3v) is 6.51. The quantitative estimate of drug-likeness (QED) is 0.826. The summed E-state index contributed by atoms with van der Waals surface area (Å²) in [6.45, 7) is 12.7. The van der Waals surface area contributed by atoms with Crippen molar-refractivity contribution in [2.24, 2.45) is 23.2 Å². The standard InChI is InChI=1S/C19H36N2/c1-15-5-4-9-19(11-15,13-20-18-6-7-18)14-21-10-8-16(2)17(3)12-21/h15-18,20H,4-14H2,1-3H3. The van der Waals surface area contributed by atoms with Gasteiger partial charge in [-0.05, 0) is 61.8 Å². The van der Waals surface area contributed by atoms with Gasteiger partial charge in [-0.3, -0.25) is 0 Å². The SMILES string of the molecule is CC1CCCC(CNC2CC2)(CN2CCC(C)C(C)C2)C1. The van der Waals surface area contributed by atoms with Crippen LogP contribution in [0.1, 0.15) is 65.7 Å². The lowest BCUT2D eigenvalue weighted by atomic mass is 9.69. The number of hydrogen-bond donors (Lipinski definition) is 1. The van der Waals surface area contributed by atoms with Gasteiger partial charge in [0.05, 0.1) is 0 Å². The number of nitrogens with zero attached hydrogens (tertiary/aromatic N) is 1. The van der Waals surface area contributed by atoms with E-state index in [9.17, 15) is 0 Å². The Kier molecular flexibility index (Phi) is 4.95. The van der Waals surface area contributed by atoms with Crippen LogP contribution in [0, 0.1) is 23.2 Å². The summed E-state index contributed by atoms with van der Waals surface area (Å²) in [6, 6.07) is 0.861. The van der Waals surface area contributed by atoms with Crippen LogP contribution in [0.15, 0.2) is 0 Å². The maximum atomic E-state index is 3.87. The van der Waals surface area contributed by atoms with Gasteiger partial charge >= 0.3 is 0 Å². The molecule has 1 saturated heterocycles. The fourth-order valence-electron chi connectivity index (χ4n) is 4.74. The summed E-state index contributed by atoms with van der Waals surface area (Å²) in [6.07, 6.45) is 10.1. The maximum absolute atomic E-state index is 3.87. The highest BCUT2D eigenvalue weighted by atomic mass is 15.1. The van der Waals surface area contributed by atoms with Gasteiger partial charge in [-0.15, -0.1) is 0 Å². The van der Waals surface area contributed by atoms with Gasteiger partial charge < -0.3 is 10.2 Å². The topological polar surface area (TPSA) is 15.3 Å². The summed E-state index contributed by atoms with van der Waals surface area (Å²) in [5, 5.41) is 3.87. The van der Waals surface area contributed by atoms with Crippen molar-refractivity contribution >= 4 is 0 Å².